The molecule has 0 unspecified atom stereocenters. The van der Waals surface area contributed by atoms with Crippen LogP contribution in [0.4, 0.5) is 5.69 Å². The Labute approximate surface area is 120 Å². The first kappa shape index (κ1) is 14.5. The third kappa shape index (κ3) is 3.36. The normalized spacial score (nSPS) is 10.1. The SMILES string of the molecule is Cc1cccc(C(=O)OCc2ccc([N+](=O)[O-])cc2)c1O. The van der Waals surface area contributed by atoms with Gasteiger partial charge in [0.2, 0.25) is 0 Å². The van der Waals surface area contributed by atoms with Gasteiger partial charge >= 0.3 is 5.97 Å². The third-order valence-corrected chi connectivity index (χ3v) is 2.97. The van der Waals surface area contributed by atoms with Gasteiger partial charge in [0.15, 0.2) is 0 Å². The monoisotopic (exact) mass is 287 g/mol. The van der Waals surface area contributed by atoms with E-state index in [9.17, 15) is 20.0 Å². The van der Waals surface area contributed by atoms with Crippen molar-refractivity contribution in [3.63, 3.8) is 0 Å². The largest absolute Gasteiger partial charge is 0.507 e. The number of carbonyl (C=O) groups excluding carboxylic acids is 1. The van der Waals surface area contributed by atoms with Crippen molar-refractivity contribution < 1.29 is 19.6 Å². The van der Waals surface area contributed by atoms with Crippen LogP contribution in [-0.2, 0) is 11.3 Å². The molecule has 108 valence electrons. The molecule has 0 spiro atoms. The second-order valence-electron chi connectivity index (χ2n) is 4.47. The van der Waals surface area contributed by atoms with Crippen LogP contribution in [0.3, 0.4) is 0 Å². The van der Waals surface area contributed by atoms with Crippen LogP contribution in [-0.4, -0.2) is 16.0 Å². The minimum Gasteiger partial charge on any atom is -0.507 e. The summed E-state index contributed by atoms with van der Waals surface area (Å²) >= 11 is 0. The first-order valence-corrected chi connectivity index (χ1v) is 6.18. The molecule has 6 heteroatoms. The average Bonchev–Trinajstić information content (AvgIpc) is 2.48. The van der Waals surface area contributed by atoms with Crippen LogP contribution in [0.2, 0.25) is 0 Å². The number of hydrogen-bond donors (Lipinski definition) is 1. The van der Waals surface area contributed by atoms with Crippen LogP contribution >= 0.6 is 0 Å². The number of ether oxygens (including phenoxy) is 1. The topological polar surface area (TPSA) is 89.7 Å². The number of aromatic hydroxyl groups is 1. The molecular weight excluding hydrogens is 274 g/mol. The number of esters is 1. The van der Waals surface area contributed by atoms with Gasteiger partial charge in [-0.2, -0.15) is 0 Å². The predicted molar refractivity (Wildman–Crippen MR) is 75.1 cm³/mol. The summed E-state index contributed by atoms with van der Waals surface area (Å²) in [5.74, 6) is -0.749. The molecule has 0 radical (unpaired) electrons. The lowest BCUT2D eigenvalue weighted by atomic mass is 10.1. The second-order valence-corrected chi connectivity index (χ2v) is 4.47. The molecule has 2 rings (SSSR count). The van der Waals surface area contributed by atoms with Gasteiger partial charge in [0.25, 0.3) is 5.69 Å². The lowest BCUT2D eigenvalue weighted by molar-refractivity contribution is -0.384. The van der Waals surface area contributed by atoms with Crippen molar-refractivity contribution in [2.45, 2.75) is 13.5 Å². The van der Waals surface area contributed by atoms with Crippen molar-refractivity contribution in [3.8, 4) is 5.75 Å². The van der Waals surface area contributed by atoms with E-state index in [-0.39, 0.29) is 23.6 Å². The Balaban J connectivity index is 2.04. The van der Waals surface area contributed by atoms with Crippen molar-refractivity contribution in [2.24, 2.45) is 0 Å². The molecule has 0 saturated heterocycles. The van der Waals surface area contributed by atoms with E-state index in [0.717, 1.165) is 0 Å². The highest BCUT2D eigenvalue weighted by Gasteiger charge is 2.14. The molecule has 2 aromatic carbocycles. The molecule has 0 bridgehead atoms. The zero-order chi connectivity index (χ0) is 15.4. The van der Waals surface area contributed by atoms with Crippen molar-refractivity contribution in [1.82, 2.24) is 0 Å². The maximum Gasteiger partial charge on any atom is 0.342 e. The molecule has 0 heterocycles. The summed E-state index contributed by atoms with van der Waals surface area (Å²) < 4.78 is 5.08. The highest BCUT2D eigenvalue weighted by Crippen LogP contribution is 2.22. The Morgan fingerprint density at radius 1 is 1.24 bits per heavy atom. The van der Waals surface area contributed by atoms with E-state index in [4.69, 9.17) is 4.74 Å². The van der Waals surface area contributed by atoms with Gasteiger partial charge in [-0.15, -0.1) is 0 Å². The number of phenolic OH excluding ortho intramolecular Hbond substituents is 1. The Morgan fingerprint density at radius 2 is 1.90 bits per heavy atom. The van der Waals surface area contributed by atoms with Gasteiger partial charge in [-0.3, -0.25) is 10.1 Å². The zero-order valence-electron chi connectivity index (χ0n) is 11.3. The number of benzene rings is 2. The van der Waals surface area contributed by atoms with Crippen LogP contribution in [0.25, 0.3) is 0 Å². The van der Waals surface area contributed by atoms with Gasteiger partial charge in [-0.1, -0.05) is 12.1 Å². The molecule has 0 aliphatic carbocycles. The maximum atomic E-state index is 11.9. The van der Waals surface area contributed by atoms with Crippen LogP contribution in [0.15, 0.2) is 42.5 Å². The number of nitro benzene ring substituents is 1. The number of non-ortho nitro benzene ring substituents is 1. The molecule has 0 aromatic heterocycles. The van der Waals surface area contributed by atoms with Gasteiger partial charge < -0.3 is 9.84 Å². The number of nitro groups is 1. The Hall–Kier alpha value is -2.89. The Bertz CT molecular complexity index is 679. The quantitative estimate of drug-likeness (QED) is 0.530. The zero-order valence-corrected chi connectivity index (χ0v) is 11.3. The summed E-state index contributed by atoms with van der Waals surface area (Å²) in [6.45, 7) is 1.66. The first-order valence-electron chi connectivity index (χ1n) is 6.18. The van der Waals surface area contributed by atoms with Crippen molar-refractivity contribution in [3.05, 3.63) is 69.3 Å². The van der Waals surface area contributed by atoms with Crippen LogP contribution < -0.4 is 0 Å². The molecule has 0 aliphatic heterocycles. The fourth-order valence-corrected chi connectivity index (χ4v) is 1.76. The highest BCUT2D eigenvalue weighted by molar-refractivity contribution is 5.92. The molecule has 0 aliphatic rings. The number of para-hydroxylation sites is 1. The van der Waals surface area contributed by atoms with Crippen molar-refractivity contribution in [2.75, 3.05) is 0 Å². The van der Waals surface area contributed by atoms with Crippen LogP contribution in [0.1, 0.15) is 21.5 Å². The summed E-state index contributed by atoms with van der Waals surface area (Å²) in [5.41, 5.74) is 1.28. The van der Waals surface area contributed by atoms with Crippen molar-refractivity contribution >= 4 is 11.7 Å². The summed E-state index contributed by atoms with van der Waals surface area (Å²) in [6, 6.07) is 10.5. The van der Waals surface area contributed by atoms with E-state index >= 15 is 0 Å². The van der Waals surface area contributed by atoms with Gasteiger partial charge in [0, 0.05) is 12.1 Å². The van der Waals surface area contributed by atoms with E-state index in [1.807, 2.05) is 0 Å². The molecule has 0 fully saturated rings. The average molecular weight is 287 g/mol. The minimum absolute atomic E-state index is 0.0236. The standard InChI is InChI=1S/C15H13NO5/c1-10-3-2-4-13(14(10)17)15(18)21-9-11-5-7-12(8-6-11)16(19)20/h2-8,17H,9H2,1H3. The van der Waals surface area contributed by atoms with Crippen LogP contribution in [0, 0.1) is 17.0 Å². The number of carbonyl (C=O) groups is 1. The van der Waals surface area contributed by atoms with Crippen LogP contribution in [0.5, 0.6) is 5.75 Å². The summed E-state index contributed by atoms with van der Waals surface area (Å²) in [4.78, 5) is 21.9. The predicted octanol–water partition coefficient (Wildman–Crippen LogP) is 2.97. The van der Waals surface area contributed by atoms with E-state index < -0.39 is 10.9 Å². The number of phenols is 1. The molecule has 1 N–H and O–H groups in total. The lowest BCUT2D eigenvalue weighted by Gasteiger charge is -2.07. The molecule has 0 saturated carbocycles. The van der Waals surface area contributed by atoms with E-state index in [2.05, 4.69) is 0 Å². The molecule has 2 aromatic rings. The summed E-state index contributed by atoms with van der Waals surface area (Å²) in [5, 5.41) is 20.3. The van der Waals surface area contributed by atoms with Crippen molar-refractivity contribution in [1.29, 1.82) is 0 Å². The second kappa shape index (κ2) is 6.04. The molecule has 0 atom stereocenters. The molecule has 21 heavy (non-hydrogen) atoms. The molecule has 6 nitrogen and oxygen atoms in total. The minimum atomic E-state index is -0.644. The van der Waals surface area contributed by atoms with Gasteiger partial charge in [0.05, 0.1) is 4.92 Å². The highest BCUT2D eigenvalue weighted by atomic mass is 16.6. The Kier molecular flexibility index (Phi) is 4.18. The first-order chi connectivity index (χ1) is 9.99. The lowest BCUT2D eigenvalue weighted by Crippen LogP contribution is -2.06. The fourth-order valence-electron chi connectivity index (χ4n) is 1.76. The van der Waals surface area contributed by atoms with E-state index in [1.165, 1.54) is 30.3 Å². The molecule has 0 amide bonds. The third-order valence-electron chi connectivity index (χ3n) is 2.97. The van der Waals surface area contributed by atoms with Gasteiger partial charge in [-0.25, -0.2) is 4.79 Å². The number of nitrogens with zero attached hydrogens (tertiary/aromatic N) is 1. The van der Waals surface area contributed by atoms with E-state index in [1.54, 1.807) is 19.1 Å². The summed E-state index contributed by atoms with van der Waals surface area (Å²) in [7, 11) is 0. The number of aryl methyl sites for hydroxylation is 1. The van der Waals surface area contributed by atoms with E-state index in [0.29, 0.717) is 11.1 Å². The Morgan fingerprint density at radius 3 is 2.52 bits per heavy atom. The summed E-state index contributed by atoms with van der Waals surface area (Å²) in [6.07, 6.45) is 0. The van der Waals surface area contributed by atoms with Gasteiger partial charge in [0.1, 0.15) is 17.9 Å². The maximum absolute atomic E-state index is 11.9. The number of rotatable bonds is 4. The smallest absolute Gasteiger partial charge is 0.342 e. The number of hydrogen-bond acceptors (Lipinski definition) is 5. The van der Waals surface area contributed by atoms with Gasteiger partial charge in [-0.05, 0) is 36.2 Å². The molecular formula is C15H13NO5. The fraction of sp³-hybridized carbons (Fsp3) is 0.133.